The monoisotopic (exact) mass is 391 g/mol. The fourth-order valence-corrected chi connectivity index (χ4v) is 3.25. The summed E-state index contributed by atoms with van der Waals surface area (Å²) in [5.41, 5.74) is 4.19. The minimum Gasteiger partial charge on any atom is -1.00 e. The predicted octanol–water partition coefficient (Wildman–Crippen LogP) is 1.25. The zero-order valence-corrected chi connectivity index (χ0v) is 18.3. The molecule has 0 saturated carbocycles. The summed E-state index contributed by atoms with van der Waals surface area (Å²) in [7, 11) is 0. The first kappa shape index (κ1) is 23.5. The van der Waals surface area contributed by atoms with E-state index in [-0.39, 0.29) is 29.8 Å². The average molecular weight is 392 g/mol. The van der Waals surface area contributed by atoms with Gasteiger partial charge in [0.25, 0.3) is 0 Å². The van der Waals surface area contributed by atoms with Crippen molar-refractivity contribution >= 4 is 0 Å². The summed E-state index contributed by atoms with van der Waals surface area (Å²) < 4.78 is 2.18. The van der Waals surface area contributed by atoms with Gasteiger partial charge < -0.3 is 22.6 Å². The number of aliphatic hydroxyl groups excluding tert-OH is 1. The second-order valence-corrected chi connectivity index (χ2v) is 9.25. The molecular weight excluding hydrogens is 358 g/mol. The van der Waals surface area contributed by atoms with Gasteiger partial charge in [0, 0.05) is 34.9 Å². The molecule has 3 nitrogen and oxygen atoms in total. The Balaban J connectivity index is 0.00000364. The maximum Gasteiger partial charge on any atom is 0.173 e. The van der Waals surface area contributed by atoms with E-state index in [2.05, 4.69) is 82.8 Å². The largest absolute Gasteiger partial charge is 1.00 e. The Hall–Kier alpha value is -1.58. The normalized spacial score (nSPS) is 12.0. The van der Waals surface area contributed by atoms with Crippen molar-refractivity contribution in [2.75, 3.05) is 6.61 Å². The highest BCUT2D eigenvalue weighted by atomic mass is 35.5. The standard InChI is InChI=1S/C23H33NO2.ClH/c1-22(2,3)19-13-18(14-20(21(19)26)23(4,5)6)16-24-11-7-9-17(15-24)10-8-12-25;/h7,9,11,13-15,25H,8,10,12,16H2,1-6H3;1H. The number of nitrogens with zero attached hydrogens (tertiary/aromatic N) is 1. The highest BCUT2D eigenvalue weighted by molar-refractivity contribution is 5.49. The van der Waals surface area contributed by atoms with Crippen LogP contribution in [0.4, 0.5) is 0 Å². The van der Waals surface area contributed by atoms with Gasteiger partial charge in [0.05, 0.1) is 0 Å². The van der Waals surface area contributed by atoms with E-state index in [0.29, 0.717) is 5.75 Å². The zero-order chi connectivity index (χ0) is 19.5. The number of rotatable bonds is 5. The lowest BCUT2D eigenvalue weighted by Gasteiger charge is -2.27. The van der Waals surface area contributed by atoms with Crippen molar-refractivity contribution in [1.82, 2.24) is 0 Å². The van der Waals surface area contributed by atoms with Crippen LogP contribution in [-0.4, -0.2) is 16.8 Å². The fraction of sp³-hybridized carbons (Fsp3) is 0.522. The topological polar surface area (TPSA) is 44.3 Å². The Morgan fingerprint density at radius 3 is 1.96 bits per heavy atom. The maximum absolute atomic E-state index is 10.9. The molecule has 0 unspecified atom stereocenters. The van der Waals surface area contributed by atoms with Crippen LogP contribution >= 0.6 is 0 Å². The number of hydrogen-bond donors (Lipinski definition) is 2. The van der Waals surface area contributed by atoms with E-state index in [1.807, 2.05) is 0 Å². The van der Waals surface area contributed by atoms with Gasteiger partial charge in [-0.1, -0.05) is 41.5 Å². The molecule has 2 aromatic rings. The molecule has 0 spiro atoms. The number of aromatic hydroxyl groups is 1. The number of aromatic nitrogens is 1. The van der Waals surface area contributed by atoms with E-state index in [1.165, 1.54) is 11.1 Å². The van der Waals surface area contributed by atoms with Crippen LogP contribution < -0.4 is 17.0 Å². The molecule has 0 saturated heterocycles. The third kappa shape index (κ3) is 6.22. The van der Waals surface area contributed by atoms with Crippen molar-refractivity contribution in [3.8, 4) is 5.75 Å². The van der Waals surface area contributed by atoms with Crippen molar-refractivity contribution in [3.63, 3.8) is 0 Å². The van der Waals surface area contributed by atoms with Gasteiger partial charge in [-0.15, -0.1) is 0 Å². The molecule has 1 heterocycles. The average Bonchev–Trinajstić information content (AvgIpc) is 2.52. The van der Waals surface area contributed by atoms with Gasteiger partial charge >= 0.3 is 0 Å². The van der Waals surface area contributed by atoms with Gasteiger partial charge in [-0.2, -0.15) is 0 Å². The lowest BCUT2D eigenvalue weighted by molar-refractivity contribution is -0.688. The first-order chi connectivity index (χ1) is 12.0. The Labute approximate surface area is 170 Å². The van der Waals surface area contributed by atoms with Gasteiger partial charge in [-0.25, -0.2) is 4.57 Å². The van der Waals surface area contributed by atoms with Crippen LogP contribution in [0.15, 0.2) is 36.7 Å². The van der Waals surface area contributed by atoms with E-state index in [9.17, 15) is 5.11 Å². The molecule has 0 aliphatic heterocycles. The number of aryl methyl sites for hydroxylation is 1. The molecule has 2 rings (SSSR count). The van der Waals surface area contributed by atoms with Gasteiger partial charge in [-0.05, 0) is 41.9 Å². The van der Waals surface area contributed by atoms with Crippen molar-refractivity contribution in [2.45, 2.75) is 71.8 Å². The van der Waals surface area contributed by atoms with Crippen LogP contribution in [0.25, 0.3) is 0 Å². The lowest BCUT2D eigenvalue weighted by Crippen LogP contribution is -3.00. The summed E-state index contributed by atoms with van der Waals surface area (Å²) in [4.78, 5) is 0. The number of hydrogen-bond acceptors (Lipinski definition) is 2. The molecule has 0 atom stereocenters. The van der Waals surface area contributed by atoms with Gasteiger partial charge in [-0.3, -0.25) is 0 Å². The Kier molecular flexibility index (Phi) is 7.88. The van der Waals surface area contributed by atoms with Gasteiger partial charge in [0.1, 0.15) is 5.75 Å². The first-order valence-corrected chi connectivity index (χ1v) is 9.48. The smallest absolute Gasteiger partial charge is 0.173 e. The second kappa shape index (κ2) is 9.07. The molecule has 0 amide bonds. The Bertz CT molecular complexity index is 723. The zero-order valence-electron chi connectivity index (χ0n) is 17.5. The summed E-state index contributed by atoms with van der Waals surface area (Å²) in [5, 5.41) is 19.9. The molecule has 0 radical (unpaired) electrons. The number of benzene rings is 1. The van der Waals surface area contributed by atoms with Crippen LogP contribution in [0.1, 0.15) is 70.2 Å². The van der Waals surface area contributed by atoms with E-state index < -0.39 is 0 Å². The third-order valence-corrected chi connectivity index (χ3v) is 4.69. The van der Waals surface area contributed by atoms with Crippen molar-refractivity contribution in [3.05, 3.63) is 58.9 Å². The van der Waals surface area contributed by atoms with Crippen molar-refractivity contribution in [2.24, 2.45) is 0 Å². The number of halogens is 1. The van der Waals surface area contributed by atoms with E-state index >= 15 is 0 Å². The minimum atomic E-state index is -0.117. The highest BCUT2D eigenvalue weighted by Crippen LogP contribution is 2.39. The van der Waals surface area contributed by atoms with Crippen LogP contribution in [0, 0.1) is 0 Å². The number of phenols is 1. The van der Waals surface area contributed by atoms with E-state index in [0.717, 1.165) is 30.5 Å². The van der Waals surface area contributed by atoms with Crippen LogP contribution in [-0.2, 0) is 23.8 Å². The number of pyridine rings is 1. The van der Waals surface area contributed by atoms with E-state index in [4.69, 9.17) is 5.11 Å². The fourth-order valence-electron chi connectivity index (χ4n) is 3.25. The lowest BCUT2D eigenvalue weighted by atomic mass is 9.78. The predicted molar refractivity (Wildman–Crippen MR) is 107 cm³/mol. The highest BCUT2D eigenvalue weighted by Gasteiger charge is 2.27. The SMILES string of the molecule is CC(C)(C)c1cc(C[n+]2cccc(CCCO)c2)cc(C(C)(C)C)c1O.[Cl-]. The molecule has 0 bridgehead atoms. The summed E-state index contributed by atoms with van der Waals surface area (Å²) in [6.07, 6.45) is 5.89. The quantitative estimate of drug-likeness (QED) is 0.753. The van der Waals surface area contributed by atoms with Crippen LogP contribution in [0.3, 0.4) is 0 Å². The Morgan fingerprint density at radius 2 is 1.48 bits per heavy atom. The molecule has 1 aromatic heterocycles. The molecule has 27 heavy (non-hydrogen) atoms. The van der Waals surface area contributed by atoms with Crippen molar-refractivity contribution < 1.29 is 27.2 Å². The maximum atomic E-state index is 10.9. The Morgan fingerprint density at radius 1 is 0.926 bits per heavy atom. The molecule has 0 fully saturated rings. The van der Waals surface area contributed by atoms with Gasteiger partial charge in [0.2, 0.25) is 0 Å². The van der Waals surface area contributed by atoms with Crippen LogP contribution in [0.5, 0.6) is 5.75 Å². The third-order valence-electron chi connectivity index (χ3n) is 4.69. The van der Waals surface area contributed by atoms with Crippen molar-refractivity contribution in [1.29, 1.82) is 0 Å². The molecule has 2 N–H and O–H groups in total. The molecule has 4 heteroatoms. The van der Waals surface area contributed by atoms with Gasteiger partial charge in [0.15, 0.2) is 18.9 Å². The summed E-state index contributed by atoms with van der Waals surface area (Å²) in [6, 6.07) is 8.43. The summed E-state index contributed by atoms with van der Waals surface area (Å²) in [5.74, 6) is 0.426. The summed E-state index contributed by atoms with van der Waals surface area (Å²) >= 11 is 0. The minimum absolute atomic E-state index is 0. The van der Waals surface area contributed by atoms with Crippen LogP contribution in [0.2, 0.25) is 0 Å². The second-order valence-electron chi connectivity index (χ2n) is 9.25. The molecule has 150 valence electrons. The van der Waals surface area contributed by atoms with E-state index in [1.54, 1.807) is 0 Å². The molecule has 1 aromatic carbocycles. The number of phenolic OH excluding ortho intramolecular Hbond substituents is 1. The number of aliphatic hydroxyl groups is 1. The summed E-state index contributed by atoms with van der Waals surface area (Å²) in [6.45, 7) is 13.8. The molecule has 0 aliphatic carbocycles. The molecule has 0 aliphatic rings. The molecular formula is C23H34ClNO2. The first-order valence-electron chi connectivity index (χ1n) is 9.48.